The third kappa shape index (κ3) is 4.57. The number of nitrogens with zero attached hydrogens (tertiary/aromatic N) is 4. The highest BCUT2D eigenvalue weighted by Gasteiger charge is 2.18. The second kappa shape index (κ2) is 9.60. The molecule has 5 rings (SSSR count). The van der Waals surface area contributed by atoms with Crippen molar-refractivity contribution in [3.05, 3.63) is 96.7 Å². The van der Waals surface area contributed by atoms with E-state index >= 15 is 0 Å². The van der Waals surface area contributed by atoms with Crippen LogP contribution in [-0.2, 0) is 6.54 Å². The molecule has 4 aromatic rings. The molecule has 0 atom stereocenters. The minimum Gasteiger partial charge on any atom is -0.315 e. The van der Waals surface area contributed by atoms with Crippen molar-refractivity contribution < 1.29 is 0 Å². The van der Waals surface area contributed by atoms with Crippen molar-refractivity contribution in [1.82, 2.24) is 14.5 Å². The summed E-state index contributed by atoms with van der Waals surface area (Å²) >= 11 is 0. The standard InChI is InChI=1S/C28H32N4/c1-29(16-17-30-18-20-31(21-19-30)22-24-10-4-2-5-11-24)32-23-27(25-12-6-3-7-13-25)26-14-8-9-15-28(26)32/h2-15,23H,16-22H2,1H3. The van der Waals surface area contributed by atoms with Crippen molar-refractivity contribution in [1.29, 1.82) is 0 Å². The first-order chi connectivity index (χ1) is 15.8. The Morgan fingerprint density at radius 1 is 0.719 bits per heavy atom. The predicted molar refractivity (Wildman–Crippen MR) is 135 cm³/mol. The molecule has 0 radical (unpaired) electrons. The fourth-order valence-electron chi connectivity index (χ4n) is 4.70. The average Bonchev–Trinajstić information content (AvgIpc) is 3.25. The second-order valence-electron chi connectivity index (χ2n) is 8.76. The Balaban J connectivity index is 1.21. The van der Waals surface area contributed by atoms with Crippen LogP contribution in [0.4, 0.5) is 0 Å². The highest BCUT2D eigenvalue weighted by Crippen LogP contribution is 2.30. The molecule has 2 heterocycles. The van der Waals surface area contributed by atoms with Crippen molar-refractivity contribution in [3.8, 4) is 11.1 Å². The largest absolute Gasteiger partial charge is 0.315 e. The van der Waals surface area contributed by atoms with Gasteiger partial charge in [-0.1, -0.05) is 78.9 Å². The summed E-state index contributed by atoms with van der Waals surface area (Å²) < 4.78 is 2.32. The van der Waals surface area contributed by atoms with Crippen LogP contribution in [0, 0.1) is 0 Å². The van der Waals surface area contributed by atoms with Crippen LogP contribution in [0.1, 0.15) is 5.56 Å². The van der Waals surface area contributed by atoms with Crippen LogP contribution in [0.3, 0.4) is 0 Å². The zero-order valence-electron chi connectivity index (χ0n) is 18.9. The predicted octanol–water partition coefficient (Wildman–Crippen LogP) is 4.69. The topological polar surface area (TPSA) is 14.7 Å². The molecule has 0 N–H and O–H groups in total. The number of para-hydroxylation sites is 1. The van der Waals surface area contributed by atoms with Gasteiger partial charge in [0.15, 0.2) is 0 Å². The monoisotopic (exact) mass is 424 g/mol. The molecule has 1 saturated heterocycles. The zero-order valence-corrected chi connectivity index (χ0v) is 18.9. The molecule has 4 nitrogen and oxygen atoms in total. The van der Waals surface area contributed by atoms with Gasteiger partial charge >= 0.3 is 0 Å². The van der Waals surface area contributed by atoms with Gasteiger partial charge in [0.25, 0.3) is 0 Å². The quantitative estimate of drug-likeness (QED) is 0.428. The maximum absolute atomic E-state index is 2.60. The van der Waals surface area contributed by atoms with Gasteiger partial charge in [0.1, 0.15) is 0 Å². The molecule has 0 unspecified atom stereocenters. The number of hydrogen-bond acceptors (Lipinski definition) is 3. The number of hydrogen-bond donors (Lipinski definition) is 0. The fraction of sp³-hybridized carbons (Fsp3) is 0.286. The van der Waals surface area contributed by atoms with E-state index in [0.717, 1.165) is 45.8 Å². The Morgan fingerprint density at radius 2 is 1.34 bits per heavy atom. The van der Waals surface area contributed by atoms with E-state index in [1.54, 1.807) is 0 Å². The van der Waals surface area contributed by atoms with Gasteiger partial charge in [0.2, 0.25) is 0 Å². The van der Waals surface area contributed by atoms with E-state index < -0.39 is 0 Å². The van der Waals surface area contributed by atoms with Crippen LogP contribution in [0.2, 0.25) is 0 Å². The third-order valence-corrected chi connectivity index (χ3v) is 6.60. The lowest BCUT2D eigenvalue weighted by molar-refractivity contribution is 0.128. The molecule has 0 aliphatic carbocycles. The summed E-state index contributed by atoms with van der Waals surface area (Å²) in [4.78, 5) is 5.17. The van der Waals surface area contributed by atoms with E-state index in [4.69, 9.17) is 0 Å². The van der Waals surface area contributed by atoms with E-state index in [9.17, 15) is 0 Å². The van der Waals surface area contributed by atoms with Gasteiger partial charge in [0.05, 0.1) is 5.52 Å². The van der Waals surface area contributed by atoms with E-state index in [1.165, 1.54) is 27.6 Å². The van der Waals surface area contributed by atoms with Gasteiger partial charge in [-0.15, -0.1) is 0 Å². The summed E-state index contributed by atoms with van der Waals surface area (Å²) in [6.07, 6.45) is 2.29. The molecular formula is C28H32N4. The summed E-state index contributed by atoms with van der Waals surface area (Å²) in [5, 5.41) is 3.66. The molecular weight excluding hydrogens is 392 g/mol. The van der Waals surface area contributed by atoms with Crippen molar-refractivity contribution in [2.75, 3.05) is 51.3 Å². The highest BCUT2D eigenvalue weighted by molar-refractivity contribution is 5.96. The summed E-state index contributed by atoms with van der Waals surface area (Å²) in [5.74, 6) is 0. The minimum absolute atomic E-state index is 1.01. The molecule has 0 bridgehead atoms. The molecule has 1 fully saturated rings. The van der Waals surface area contributed by atoms with Crippen LogP contribution >= 0.6 is 0 Å². The normalized spacial score (nSPS) is 15.3. The van der Waals surface area contributed by atoms with Crippen LogP contribution in [0.15, 0.2) is 91.1 Å². The van der Waals surface area contributed by atoms with Gasteiger partial charge in [-0.3, -0.25) is 14.5 Å². The molecule has 1 aliphatic heterocycles. The highest BCUT2D eigenvalue weighted by atomic mass is 15.5. The first kappa shape index (κ1) is 20.8. The van der Waals surface area contributed by atoms with Crippen molar-refractivity contribution in [3.63, 3.8) is 0 Å². The number of aromatic nitrogens is 1. The summed E-state index contributed by atoms with van der Waals surface area (Å²) in [6, 6.07) is 30.2. The minimum atomic E-state index is 1.01. The molecule has 3 aromatic carbocycles. The van der Waals surface area contributed by atoms with Gasteiger partial charge in [-0.05, 0) is 17.2 Å². The summed E-state index contributed by atoms with van der Waals surface area (Å²) in [5.41, 5.74) is 5.24. The zero-order chi connectivity index (χ0) is 21.8. The summed E-state index contributed by atoms with van der Waals surface area (Å²) in [6.45, 7) is 7.72. The Hall–Kier alpha value is -3.08. The second-order valence-corrected chi connectivity index (χ2v) is 8.76. The average molecular weight is 425 g/mol. The van der Waals surface area contributed by atoms with Gasteiger partial charge < -0.3 is 5.01 Å². The molecule has 1 aliphatic rings. The lowest BCUT2D eigenvalue weighted by Gasteiger charge is -2.35. The Kier molecular flexibility index (Phi) is 6.24. The maximum atomic E-state index is 2.60. The molecule has 164 valence electrons. The molecule has 4 heteroatoms. The van der Waals surface area contributed by atoms with E-state index in [0.29, 0.717) is 0 Å². The lowest BCUT2D eigenvalue weighted by atomic mass is 10.1. The molecule has 0 saturated carbocycles. The fourth-order valence-corrected chi connectivity index (χ4v) is 4.70. The van der Waals surface area contributed by atoms with Crippen LogP contribution < -0.4 is 5.01 Å². The molecule has 0 amide bonds. The SMILES string of the molecule is CN(CCN1CCN(Cc2ccccc2)CC1)n1cc(-c2ccccc2)c2ccccc21. The first-order valence-corrected chi connectivity index (χ1v) is 11.6. The summed E-state index contributed by atoms with van der Waals surface area (Å²) in [7, 11) is 2.20. The van der Waals surface area contributed by atoms with Gasteiger partial charge in [-0.25, -0.2) is 0 Å². The first-order valence-electron chi connectivity index (χ1n) is 11.6. The number of likely N-dealkylation sites (N-methyl/N-ethyl adjacent to an activating group) is 1. The van der Waals surface area contributed by atoms with Crippen LogP contribution in [0.5, 0.6) is 0 Å². The van der Waals surface area contributed by atoms with Gasteiger partial charge in [0, 0.05) is 70.0 Å². The van der Waals surface area contributed by atoms with Crippen molar-refractivity contribution in [2.24, 2.45) is 0 Å². The maximum Gasteiger partial charge on any atom is 0.0701 e. The molecule has 32 heavy (non-hydrogen) atoms. The van der Waals surface area contributed by atoms with Gasteiger partial charge in [-0.2, -0.15) is 0 Å². The third-order valence-electron chi connectivity index (χ3n) is 6.60. The van der Waals surface area contributed by atoms with Crippen molar-refractivity contribution >= 4 is 10.9 Å². The Bertz CT molecular complexity index is 1130. The number of piperazine rings is 1. The number of benzene rings is 3. The number of fused-ring (bicyclic) bond motifs is 1. The van der Waals surface area contributed by atoms with E-state index in [2.05, 4.69) is 118 Å². The lowest BCUT2D eigenvalue weighted by Crippen LogP contribution is -2.48. The van der Waals surface area contributed by atoms with Crippen LogP contribution in [0.25, 0.3) is 22.0 Å². The molecule has 0 spiro atoms. The smallest absolute Gasteiger partial charge is 0.0701 e. The Morgan fingerprint density at radius 3 is 2.09 bits per heavy atom. The van der Waals surface area contributed by atoms with E-state index in [-0.39, 0.29) is 0 Å². The number of rotatable bonds is 7. The van der Waals surface area contributed by atoms with Crippen LogP contribution in [-0.4, -0.2) is 60.8 Å². The van der Waals surface area contributed by atoms with Crippen molar-refractivity contribution in [2.45, 2.75) is 6.54 Å². The van der Waals surface area contributed by atoms with E-state index in [1.807, 2.05) is 0 Å². The Labute approximate surface area is 191 Å². The molecule has 1 aromatic heterocycles.